The molecule has 7 nitrogen and oxygen atoms in total. The maximum atomic E-state index is 13.3. The van der Waals surface area contributed by atoms with Gasteiger partial charge in [0, 0.05) is 38.8 Å². The first-order valence-electron chi connectivity index (χ1n) is 8.61. The van der Waals surface area contributed by atoms with Gasteiger partial charge >= 0.3 is 0 Å². The number of nitrogens with one attached hydrogen (secondary N) is 1. The second-order valence-corrected chi connectivity index (χ2v) is 6.52. The second-order valence-electron chi connectivity index (χ2n) is 6.52. The van der Waals surface area contributed by atoms with Crippen molar-refractivity contribution in [2.75, 3.05) is 44.6 Å². The number of carbonyl (C=O) groups excluding carboxylic acids is 1. The van der Waals surface area contributed by atoms with E-state index in [2.05, 4.69) is 15.4 Å². The molecule has 3 rings (SSSR count). The fourth-order valence-electron chi connectivity index (χ4n) is 3.00. The van der Waals surface area contributed by atoms with Gasteiger partial charge in [-0.05, 0) is 24.6 Å². The average Bonchev–Trinajstić information content (AvgIpc) is 3.01. The smallest absolute Gasteiger partial charge is 0.239 e. The van der Waals surface area contributed by atoms with E-state index in [1.165, 1.54) is 12.1 Å². The molecule has 26 heavy (non-hydrogen) atoms. The summed E-state index contributed by atoms with van der Waals surface area (Å²) in [6, 6.07) is 7.71. The number of aryl methyl sites for hydroxylation is 1. The molecule has 1 fully saturated rings. The highest BCUT2D eigenvalue weighted by atomic mass is 19.1. The number of halogens is 1. The van der Waals surface area contributed by atoms with Crippen LogP contribution in [0.15, 0.2) is 34.9 Å². The Labute approximate surface area is 151 Å². The van der Waals surface area contributed by atoms with Crippen molar-refractivity contribution in [1.82, 2.24) is 15.0 Å². The zero-order valence-electron chi connectivity index (χ0n) is 14.7. The van der Waals surface area contributed by atoms with Crippen LogP contribution in [0.1, 0.15) is 17.4 Å². The zero-order chi connectivity index (χ0) is 18.5. The minimum Gasteiger partial charge on any atom is -0.387 e. The SMILES string of the molecule is Cc1cc(NC(=O)CN2CCN(C[C@H](O)c3cccc(F)c3)CC2)no1. The minimum atomic E-state index is -0.726. The van der Waals surface area contributed by atoms with Crippen molar-refractivity contribution in [1.29, 1.82) is 0 Å². The molecule has 2 aromatic rings. The molecule has 1 amide bonds. The molecule has 0 saturated carbocycles. The first-order chi connectivity index (χ1) is 12.5. The van der Waals surface area contributed by atoms with Gasteiger partial charge in [0.25, 0.3) is 0 Å². The molecule has 2 N–H and O–H groups in total. The Morgan fingerprint density at radius 2 is 2.04 bits per heavy atom. The average molecular weight is 362 g/mol. The summed E-state index contributed by atoms with van der Waals surface area (Å²) >= 11 is 0. The van der Waals surface area contributed by atoms with E-state index in [-0.39, 0.29) is 18.3 Å². The zero-order valence-corrected chi connectivity index (χ0v) is 14.7. The van der Waals surface area contributed by atoms with E-state index in [4.69, 9.17) is 4.52 Å². The highest BCUT2D eigenvalue weighted by Crippen LogP contribution is 2.16. The number of β-amino-alcohol motifs (C(OH)–C–C–N with tert-alkyl or cyclic N) is 1. The number of amides is 1. The first kappa shape index (κ1) is 18.5. The summed E-state index contributed by atoms with van der Waals surface area (Å²) in [4.78, 5) is 16.2. The van der Waals surface area contributed by atoms with E-state index in [0.717, 1.165) is 26.2 Å². The fourth-order valence-corrected chi connectivity index (χ4v) is 3.00. The van der Waals surface area contributed by atoms with Gasteiger partial charge in [0.1, 0.15) is 11.6 Å². The third-order valence-corrected chi connectivity index (χ3v) is 4.39. The maximum absolute atomic E-state index is 13.3. The van der Waals surface area contributed by atoms with Gasteiger partial charge in [-0.15, -0.1) is 0 Å². The lowest BCUT2D eigenvalue weighted by molar-refractivity contribution is -0.117. The van der Waals surface area contributed by atoms with Gasteiger partial charge in [0.2, 0.25) is 5.91 Å². The maximum Gasteiger partial charge on any atom is 0.239 e. The van der Waals surface area contributed by atoms with Crippen LogP contribution in [0, 0.1) is 12.7 Å². The monoisotopic (exact) mass is 362 g/mol. The molecule has 1 aliphatic rings. The summed E-state index contributed by atoms with van der Waals surface area (Å²) in [5.74, 6) is 0.585. The molecular weight excluding hydrogens is 339 g/mol. The predicted octanol–water partition coefficient (Wildman–Crippen LogP) is 1.41. The molecule has 0 bridgehead atoms. The van der Waals surface area contributed by atoms with Gasteiger partial charge in [-0.2, -0.15) is 0 Å². The lowest BCUT2D eigenvalue weighted by atomic mass is 10.1. The molecule has 8 heteroatoms. The lowest BCUT2D eigenvalue weighted by Gasteiger charge is -2.35. The minimum absolute atomic E-state index is 0.133. The predicted molar refractivity (Wildman–Crippen MR) is 94.1 cm³/mol. The number of aliphatic hydroxyl groups is 1. The van der Waals surface area contributed by atoms with Crippen molar-refractivity contribution >= 4 is 11.7 Å². The number of hydrogen-bond acceptors (Lipinski definition) is 6. The topological polar surface area (TPSA) is 81.8 Å². The number of carbonyl (C=O) groups is 1. The highest BCUT2D eigenvalue weighted by Gasteiger charge is 2.21. The molecule has 0 spiro atoms. The van der Waals surface area contributed by atoms with E-state index in [1.54, 1.807) is 25.1 Å². The lowest BCUT2D eigenvalue weighted by Crippen LogP contribution is -2.49. The van der Waals surface area contributed by atoms with Crippen LogP contribution in [0.5, 0.6) is 0 Å². The van der Waals surface area contributed by atoms with Gasteiger partial charge < -0.3 is 14.9 Å². The van der Waals surface area contributed by atoms with Crippen molar-refractivity contribution in [3.05, 3.63) is 47.5 Å². The summed E-state index contributed by atoms with van der Waals surface area (Å²) in [7, 11) is 0. The number of aliphatic hydroxyl groups excluding tert-OH is 1. The molecular formula is C18H23FN4O3. The van der Waals surface area contributed by atoms with Crippen molar-refractivity contribution in [2.24, 2.45) is 0 Å². The van der Waals surface area contributed by atoms with Crippen LogP contribution in [0.25, 0.3) is 0 Å². The molecule has 140 valence electrons. The number of anilines is 1. The van der Waals surface area contributed by atoms with Crippen LogP contribution in [0.4, 0.5) is 10.2 Å². The van der Waals surface area contributed by atoms with E-state index < -0.39 is 6.10 Å². The summed E-state index contributed by atoms with van der Waals surface area (Å²) in [5, 5.41) is 16.7. The molecule has 1 atom stereocenters. The number of hydrogen-bond donors (Lipinski definition) is 2. The number of rotatable bonds is 6. The van der Waals surface area contributed by atoms with Crippen LogP contribution < -0.4 is 5.32 Å². The van der Waals surface area contributed by atoms with Gasteiger partial charge in [-0.1, -0.05) is 17.3 Å². The van der Waals surface area contributed by atoms with Crippen LogP contribution in [-0.2, 0) is 4.79 Å². The third-order valence-electron chi connectivity index (χ3n) is 4.39. The first-order valence-corrected chi connectivity index (χ1v) is 8.61. The number of aromatic nitrogens is 1. The van der Waals surface area contributed by atoms with Gasteiger partial charge in [0.05, 0.1) is 12.6 Å². The van der Waals surface area contributed by atoms with E-state index in [1.807, 2.05) is 4.90 Å². The van der Waals surface area contributed by atoms with Gasteiger partial charge in [0.15, 0.2) is 5.82 Å². The number of benzene rings is 1. The molecule has 0 aliphatic carbocycles. The van der Waals surface area contributed by atoms with Crippen LogP contribution >= 0.6 is 0 Å². The molecule has 1 aromatic carbocycles. The Hall–Kier alpha value is -2.29. The van der Waals surface area contributed by atoms with Crippen LogP contribution in [0.3, 0.4) is 0 Å². The van der Waals surface area contributed by atoms with Crippen molar-refractivity contribution < 1.29 is 18.8 Å². The van der Waals surface area contributed by atoms with Crippen molar-refractivity contribution in [3.63, 3.8) is 0 Å². The van der Waals surface area contributed by atoms with Crippen molar-refractivity contribution in [3.8, 4) is 0 Å². The standard InChI is InChI=1S/C18H23FN4O3/c1-13-9-17(21-26-13)20-18(25)12-23-7-5-22(6-8-23)11-16(24)14-3-2-4-15(19)10-14/h2-4,9-10,16,24H,5-8,11-12H2,1H3,(H,20,21,25)/t16-/m0/s1. The van der Waals surface area contributed by atoms with E-state index in [9.17, 15) is 14.3 Å². The van der Waals surface area contributed by atoms with Crippen molar-refractivity contribution in [2.45, 2.75) is 13.0 Å². The summed E-state index contributed by atoms with van der Waals surface area (Å²) in [6.45, 7) is 5.42. The Kier molecular flexibility index (Phi) is 5.97. The number of piperazine rings is 1. The quantitative estimate of drug-likeness (QED) is 0.809. The molecule has 1 saturated heterocycles. The Morgan fingerprint density at radius 1 is 1.31 bits per heavy atom. The summed E-state index contributed by atoms with van der Waals surface area (Å²) in [5.41, 5.74) is 0.578. The number of nitrogens with zero attached hydrogens (tertiary/aromatic N) is 3. The molecule has 1 aliphatic heterocycles. The van der Waals surface area contributed by atoms with E-state index >= 15 is 0 Å². The van der Waals surface area contributed by atoms with Gasteiger partial charge in [-0.25, -0.2) is 4.39 Å². The summed E-state index contributed by atoms with van der Waals surface area (Å²) in [6.07, 6.45) is -0.726. The highest BCUT2D eigenvalue weighted by molar-refractivity contribution is 5.91. The fraction of sp³-hybridized carbons (Fsp3) is 0.444. The Bertz CT molecular complexity index is 744. The Balaban J connectivity index is 1.41. The van der Waals surface area contributed by atoms with E-state index in [0.29, 0.717) is 23.7 Å². The summed E-state index contributed by atoms with van der Waals surface area (Å²) < 4.78 is 18.2. The molecule has 2 heterocycles. The van der Waals surface area contributed by atoms with Gasteiger partial charge in [-0.3, -0.25) is 14.6 Å². The third kappa shape index (κ3) is 5.10. The van der Waals surface area contributed by atoms with Crippen LogP contribution in [-0.4, -0.2) is 65.2 Å². The largest absolute Gasteiger partial charge is 0.387 e. The second kappa shape index (κ2) is 8.39. The molecule has 1 aromatic heterocycles. The molecule has 0 radical (unpaired) electrons. The normalized spacial score (nSPS) is 17.2. The van der Waals surface area contributed by atoms with Crippen LogP contribution in [0.2, 0.25) is 0 Å². The molecule has 0 unspecified atom stereocenters. The Morgan fingerprint density at radius 3 is 2.69 bits per heavy atom.